The first-order valence-electron chi connectivity index (χ1n) is 9.10. The summed E-state index contributed by atoms with van der Waals surface area (Å²) in [6, 6.07) is 0.759. The summed E-state index contributed by atoms with van der Waals surface area (Å²) in [6.07, 6.45) is 11.7. The fourth-order valence-corrected chi connectivity index (χ4v) is 4.24. The van der Waals surface area contributed by atoms with Crippen molar-refractivity contribution in [2.45, 2.75) is 78.2 Å². The SMILES string of the molecule is CCC(CNCC(C)C)N1CCC2(CCCCC2)CC1. The first-order chi connectivity index (χ1) is 9.65. The highest BCUT2D eigenvalue weighted by molar-refractivity contribution is 4.90. The first kappa shape index (κ1) is 16.3. The van der Waals surface area contributed by atoms with Crippen LogP contribution >= 0.6 is 0 Å². The molecule has 118 valence electrons. The van der Waals surface area contributed by atoms with E-state index in [1.165, 1.54) is 71.0 Å². The highest BCUT2D eigenvalue weighted by Gasteiger charge is 2.36. The summed E-state index contributed by atoms with van der Waals surface area (Å²) in [6.45, 7) is 12.0. The van der Waals surface area contributed by atoms with E-state index in [0.717, 1.165) is 23.9 Å². The van der Waals surface area contributed by atoms with Gasteiger partial charge in [0.05, 0.1) is 0 Å². The monoisotopic (exact) mass is 280 g/mol. The van der Waals surface area contributed by atoms with E-state index in [4.69, 9.17) is 0 Å². The summed E-state index contributed by atoms with van der Waals surface area (Å²) < 4.78 is 0. The number of likely N-dealkylation sites (tertiary alicyclic amines) is 1. The zero-order valence-electron chi connectivity index (χ0n) is 14.1. The molecule has 1 unspecified atom stereocenters. The van der Waals surface area contributed by atoms with Gasteiger partial charge in [-0.3, -0.25) is 4.90 Å². The molecule has 1 aliphatic heterocycles. The Balaban J connectivity index is 1.75. The number of hydrogen-bond acceptors (Lipinski definition) is 2. The third-order valence-electron chi connectivity index (χ3n) is 5.69. The third kappa shape index (κ3) is 4.46. The lowest BCUT2D eigenvalue weighted by Crippen LogP contribution is -2.49. The Morgan fingerprint density at radius 1 is 0.950 bits per heavy atom. The fraction of sp³-hybridized carbons (Fsp3) is 1.00. The molecule has 2 nitrogen and oxygen atoms in total. The van der Waals surface area contributed by atoms with E-state index in [9.17, 15) is 0 Å². The lowest BCUT2D eigenvalue weighted by atomic mass is 9.68. The normalized spacial score (nSPS) is 25.2. The number of nitrogens with one attached hydrogen (secondary N) is 1. The third-order valence-corrected chi connectivity index (χ3v) is 5.69. The second-order valence-electron chi connectivity index (χ2n) is 7.71. The molecule has 1 N–H and O–H groups in total. The summed E-state index contributed by atoms with van der Waals surface area (Å²) in [7, 11) is 0. The fourth-order valence-electron chi connectivity index (χ4n) is 4.24. The van der Waals surface area contributed by atoms with Gasteiger partial charge in [-0.2, -0.15) is 0 Å². The maximum absolute atomic E-state index is 3.66. The van der Waals surface area contributed by atoms with Gasteiger partial charge in [0.1, 0.15) is 0 Å². The smallest absolute Gasteiger partial charge is 0.0218 e. The minimum absolute atomic E-state index is 0.748. The van der Waals surface area contributed by atoms with E-state index < -0.39 is 0 Å². The minimum Gasteiger partial charge on any atom is -0.315 e. The molecule has 0 aromatic rings. The lowest BCUT2D eigenvalue weighted by molar-refractivity contribution is 0.0437. The van der Waals surface area contributed by atoms with Gasteiger partial charge in [0.2, 0.25) is 0 Å². The van der Waals surface area contributed by atoms with Crippen molar-refractivity contribution >= 4 is 0 Å². The van der Waals surface area contributed by atoms with Crippen LogP contribution in [-0.2, 0) is 0 Å². The number of piperidine rings is 1. The Morgan fingerprint density at radius 2 is 1.60 bits per heavy atom. The largest absolute Gasteiger partial charge is 0.315 e. The second-order valence-corrected chi connectivity index (χ2v) is 7.71. The quantitative estimate of drug-likeness (QED) is 0.789. The molecule has 2 fully saturated rings. The average Bonchev–Trinajstić information content (AvgIpc) is 2.46. The van der Waals surface area contributed by atoms with Crippen LogP contribution in [0.1, 0.15) is 72.1 Å². The van der Waals surface area contributed by atoms with E-state index in [1.54, 1.807) is 0 Å². The van der Waals surface area contributed by atoms with Crippen molar-refractivity contribution in [1.82, 2.24) is 10.2 Å². The Hall–Kier alpha value is -0.0800. The van der Waals surface area contributed by atoms with Crippen LogP contribution in [0.25, 0.3) is 0 Å². The Morgan fingerprint density at radius 3 is 2.15 bits per heavy atom. The number of rotatable bonds is 6. The van der Waals surface area contributed by atoms with Gasteiger partial charge in [-0.05, 0) is 63.1 Å². The lowest BCUT2D eigenvalue weighted by Gasteiger charge is -2.46. The molecule has 1 saturated heterocycles. The van der Waals surface area contributed by atoms with Crippen LogP contribution in [0.15, 0.2) is 0 Å². The molecule has 1 heterocycles. The highest BCUT2D eigenvalue weighted by Crippen LogP contribution is 2.44. The highest BCUT2D eigenvalue weighted by atomic mass is 15.2. The molecule has 1 atom stereocenters. The maximum Gasteiger partial charge on any atom is 0.0218 e. The average molecular weight is 280 g/mol. The predicted octanol–water partition coefficient (Wildman–Crippen LogP) is 4.06. The molecule has 2 aliphatic rings. The molecule has 2 heteroatoms. The van der Waals surface area contributed by atoms with Crippen LogP contribution in [0.3, 0.4) is 0 Å². The van der Waals surface area contributed by atoms with Gasteiger partial charge in [0.15, 0.2) is 0 Å². The summed E-state index contributed by atoms with van der Waals surface area (Å²) in [4.78, 5) is 2.77. The van der Waals surface area contributed by atoms with Crippen molar-refractivity contribution in [2.24, 2.45) is 11.3 Å². The van der Waals surface area contributed by atoms with E-state index in [0.29, 0.717) is 0 Å². The molecule has 0 bridgehead atoms. The molecule has 0 amide bonds. The number of nitrogens with zero attached hydrogens (tertiary/aromatic N) is 1. The van der Waals surface area contributed by atoms with Gasteiger partial charge in [0.25, 0.3) is 0 Å². The molecule has 1 saturated carbocycles. The van der Waals surface area contributed by atoms with Crippen LogP contribution in [0.5, 0.6) is 0 Å². The Labute approximate surface area is 126 Å². The molecular weight excluding hydrogens is 244 g/mol. The van der Waals surface area contributed by atoms with Crippen molar-refractivity contribution in [3.63, 3.8) is 0 Å². The van der Waals surface area contributed by atoms with Crippen molar-refractivity contribution in [3.8, 4) is 0 Å². The van der Waals surface area contributed by atoms with Gasteiger partial charge in [-0.15, -0.1) is 0 Å². The first-order valence-corrected chi connectivity index (χ1v) is 9.10. The zero-order chi connectivity index (χ0) is 14.4. The van der Waals surface area contributed by atoms with Crippen LogP contribution in [-0.4, -0.2) is 37.1 Å². The van der Waals surface area contributed by atoms with Crippen molar-refractivity contribution in [2.75, 3.05) is 26.2 Å². The summed E-state index contributed by atoms with van der Waals surface area (Å²) >= 11 is 0. The van der Waals surface area contributed by atoms with Crippen molar-refractivity contribution in [1.29, 1.82) is 0 Å². The van der Waals surface area contributed by atoms with E-state index in [1.807, 2.05) is 0 Å². The van der Waals surface area contributed by atoms with Crippen molar-refractivity contribution in [3.05, 3.63) is 0 Å². The summed E-state index contributed by atoms with van der Waals surface area (Å²) in [5.74, 6) is 0.763. The van der Waals surface area contributed by atoms with Crippen LogP contribution in [0.4, 0.5) is 0 Å². The van der Waals surface area contributed by atoms with Gasteiger partial charge in [0, 0.05) is 12.6 Å². The second kappa shape index (κ2) is 7.79. The molecule has 0 radical (unpaired) electrons. The Bertz CT molecular complexity index is 259. The van der Waals surface area contributed by atoms with Crippen LogP contribution in [0, 0.1) is 11.3 Å². The van der Waals surface area contributed by atoms with E-state index in [-0.39, 0.29) is 0 Å². The number of hydrogen-bond donors (Lipinski definition) is 1. The Kier molecular flexibility index (Phi) is 6.35. The van der Waals surface area contributed by atoms with E-state index in [2.05, 4.69) is 31.0 Å². The molecule has 1 aliphatic carbocycles. The maximum atomic E-state index is 3.66. The predicted molar refractivity (Wildman–Crippen MR) is 88.1 cm³/mol. The van der Waals surface area contributed by atoms with Gasteiger partial charge in [-0.25, -0.2) is 0 Å². The van der Waals surface area contributed by atoms with Gasteiger partial charge < -0.3 is 5.32 Å². The molecule has 20 heavy (non-hydrogen) atoms. The topological polar surface area (TPSA) is 15.3 Å². The standard InChI is InChI=1S/C18H36N2/c1-4-17(15-19-14-16(2)3)20-12-10-18(11-13-20)8-6-5-7-9-18/h16-17,19H,4-15H2,1-3H3. The van der Waals surface area contributed by atoms with Crippen molar-refractivity contribution < 1.29 is 0 Å². The molecule has 0 aromatic heterocycles. The summed E-state index contributed by atoms with van der Waals surface area (Å²) in [5.41, 5.74) is 0.748. The molecule has 2 rings (SSSR count). The molecule has 0 aromatic carbocycles. The van der Waals surface area contributed by atoms with E-state index >= 15 is 0 Å². The van der Waals surface area contributed by atoms with Gasteiger partial charge in [-0.1, -0.05) is 40.0 Å². The van der Waals surface area contributed by atoms with Gasteiger partial charge >= 0.3 is 0 Å². The molecule has 1 spiro atoms. The summed E-state index contributed by atoms with van der Waals surface area (Å²) in [5, 5.41) is 3.66. The van der Waals surface area contributed by atoms with Crippen LogP contribution < -0.4 is 5.32 Å². The zero-order valence-corrected chi connectivity index (χ0v) is 14.1. The molecular formula is C18H36N2. The minimum atomic E-state index is 0.748. The van der Waals surface area contributed by atoms with Crippen LogP contribution in [0.2, 0.25) is 0 Å².